The molecule has 1 aromatic heterocycles. The third-order valence-electron chi connectivity index (χ3n) is 3.18. The third-order valence-corrected chi connectivity index (χ3v) is 3.18. The van der Waals surface area contributed by atoms with E-state index < -0.39 is 0 Å². The Labute approximate surface area is 90.4 Å². The van der Waals surface area contributed by atoms with E-state index in [1.165, 1.54) is 32.1 Å². The average Bonchev–Trinajstić information content (AvgIpc) is 2.65. The van der Waals surface area contributed by atoms with Gasteiger partial charge in [0.05, 0.1) is 6.54 Å². The number of aromatic nitrogens is 1. The van der Waals surface area contributed by atoms with E-state index in [1.807, 2.05) is 0 Å². The molecule has 2 N–H and O–H groups in total. The fourth-order valence-electron chi connectivity index (χ4n) is 2.30. The van der Waals surface area contributed by atoms with Gasteiger partial charge in [0, 0.05) is 12.1 Å². The molecule has 0 aliphatic heterocycles. The number of hydrogen-bond acceptors (Lipinski definition) is 4. The van der Waals surface area contributed by atoms with Crippen molar-refractivity contribution in [2.75, 3.05) is 12.8 Å². The van der Waals surface area contributed by atoms with Gasteiger partial charge in [-0.3, -0.25) is 4.90 Å². The SMILES string of the molecule is CN(Cc1cc(N)no1)C1CCCCC1. The molecule has 15 heavy (non-hydrogen) atoms. The van der Waals surface area contributed by atoms with Crippen LogP contribution in [0.4, 0.5) is 5.82 Å². The number of nitrogen functional groups attached to an aromatic ring is 1. The molecule has 0 aromatic carbocycles. The van der Waals surface area contributed by atoms with Crippen LogP contribution in [0.1, 0.15) is 37.9 Å². The Hall–Kier alpha value is -1.03. The topological polar surface area (TPSA) is 55.3 Å². The fraction of sp³-hybridized carbons (Fsp3) is 0.727. The van der Waals surface area contributed by atoms with E-state index in [4.69, 9.17) is 10.3 Å². The predicted molar refractivity (Wildman–Crippen MR) is 59.3 cm³/mol. The number of nitrogens with two attached hydrogens (primary N) is 1. The summed E-state index contributed by atoms with van der Waals surface area (Å²) in [6, 6.07) is 2.50. The lowest BCUT2D eigenvalue weighted by atomic mass is 9.94. The zero-order chi connectivity index (χ0) is 10.7. The first-order valence-electron chi connectivity index (χ1n) is 5.67. The second-order valence-electron chi connectivity index (χ2n) is 4.43. The zero-order valence-electron chi connectivity index (χ0n) is 9.28. The van der Waals surface area contributed by atoms with Crippen LogP contribution in [0.15, 0.2) is 10.6 Å². The Morgan fingerprint density at radius 1 is 1.47 bits per heavy atom. The molecule has 0 amide bonds. The highest BCUT2D eigenvalue weighted by Crippen LogP contribution is 2.22. The van der Waals surface area contributed by atoms with Gasteiger partial charge in [0.2, 0.25) is 0 Å². The summed E-state index contributed by atoms with van der Waals surface area (Å²) in [6.07, 6.45) is 6.71. The van der Waals surface area contributed by atoms with Crippen molar-refractivity contribution in [2.45, 2.75) is 44.7 Å². The monoisotopic (exact) mass is 209 g/mol. The van der Waals surface area contributed by atoms with Gasteiger partial charge in [-0.1, -0.05) is 24.4 Å². The Kier molecular flexibility index (Phi) is 3.26. The van der Waals surface area contributed by atoms with Crippen LogP contribution in [-0.4, -0.2) is 23.1 Å². The first-order chi connectivity index (χ1) is 7.25. The minimum absolute atomic E-state index is 0.474. The predicted octanol–water partition coefficient (Wildman–Crippen LogP) is 2.02. The zero-order valence-corrected chi connectivity index (χ0v) is 9.28. The largest absolute Gasteiger partial charge is 0.381 e. The minimum atomic E-state index is 0.474. The number of rotatable bonds is 3. The van der Waals surface area contributed by atoms with E-state index in [0.29, 0.717) is 11.9 Å². The second-order valence-corrected chi connectivity index (χ2v) is 4.43. The van der Waals surface area contributed by atoms with Crippen LogP contribution < -0.4 is 5.73 Å². The molecule has 4 nitrogen and oxygen atoms in total. The van der Waals surface area contributed by atoms with Crippen LogP contribution in [0.3, 0.4) is 0 Å². The molecule has 4 heteroatoms. The maximum atomic E-state index is 5.51. The van der Waals surface area contributed by atoms with Crippen LogP contribution in [-0.2, 0) is 6.54 Å². The van der Waals surface area contributed by atoms with Gasteiger partial charge in [-0.25, -0.2) is 0 Å². The smallest absolute Gasteiger partial charge is 0.167 e. The van der Waals surface area contributed by atoms with Crippen molar-refractivity contribution in [1.82, 2.24) is 10.1 Å². The normalized spacial score (nSPS) is 18.5. The highest BCUT2D eigenvalue weighted by molar-refractivity contribution is 5.26. The van der Waals surface area contributed by atoms with Crippen LogP contribution in [0.5, 0.6) is 0 Å². The quantitative estimate of drug-likeness (QED) is 0.827. The first kappa shape index (κ1) is 10.5. The molecule has 1 aromatic rings. The molecule has 1 fully saturated rings. The van der Waals surface area contributed by atoms with E-state index in [2.05, 4.69) is 17.1 Å². The summed E-state index contributed by atoms with van der Waals surface area (Å²) in [6.45, 7) is 0.814. The Balaban J connectivity index is 1.88. The van der Waals surface area contributed by atoms with Crippen LogP contribution in [0.2, 0.25) is 0 Å². The molecule has 0 unspecified atom stereocenters. The molecule has 0 atom stereocenters. The van der Waals surface area contributed by atoms with Crippen molar-refractivity contribution in [1.29, 1.82) is 0 Å². The second kappa shape index (κ2) is 4.66. The standard InChI is InChI=1S/C11H19N3O/c1-14(9-5-3-2-4-6-9)8-10-7-11(12)13-15-10/h7,9H,2-6,8H2,1H3,(H2,12,13). The maximum absolute atomic E-state index is 5.51. The van der Waals surface area contributed by atoms with Gasteiger partial charge < -0.3 is 10.3 Å². The molecule has 2 rings (SSSR count). The molecule has 1 saturated carbocycles. The highest BCUT2D eigenvalue weighted by Gasteiger charge is 2.18. The molecular weight excluding hydrogens is 190 g/mol. The summed E-state index contributed by atoms with van der Waals surface area (Å²) in [5.41, 5.74) is 5.51. The van der Waals surface area contributed by atoms with Crippen LogP contribution in [0, 0.1) is 0 Å². The summed E-state index contributed by atoms with van der Waals surface area (Å²) in [5, 5.41) is 3.69. The third kappa shape index (κ3) is 2.72. The number of hydrogen-bond donors (Lipinski definition) is 1. The van der Waals surface area contributed by atoms with Gasteiger partial charge in [-0.05, 0) is 19.9 Å². The van der Waals surface area contributed by atoms with Crippen LogP contribution >= 0.6 is 0 Å². The van der Waals surface area contributed by atoms with E-state index >= 15 is 0 Å². The molecule has 84 valence electrons. The summed E-state index contributed by atoms with van der Waals surface area (Å²) >= 11 is 0. The van der Waals surface area contributed by atoms with Crippen molar-refractivity contribution in [3.05, 3.63) is 11.8 Å². The lowest BCUT2D eigenvalue weighted by Gasteiger charge is -2.30. The van der Waals surface area contributed by atoms with Crippen molar-refractivity contribution >= 4 is 5.82 Å². The minimum Gasteiger partial charge on any atom is -0.381 e. The Morgan fingerprint density at radius 2 is 2.20 bits per heavy atom. The number of anilines is 1. The van der Waals surface area contributed by atoms with Gasteiger partial charge in [0.1, 0.15) is 0 Å². The van der Waals surface area contributed by atoms with E-state index in [-0.39, 0.29) is 0 Å². The summed E-state index contributed by atoms with van der Waals surface area (Å²) < 4.78 is 5.11. The molecular formula is C11H19N3O. The van der Waals surface area contributed by atoms with Gasteiger partial charge in [0.25, 0.3) is 0 Å². The first-order valence-corrected chi connectivity index (χ1v) is 5.67. The van der Waals surface area contributed by atoms with Crippen molar-refractivity contribution < 1.29 is 4.52 Å². The molecule has 0 saturated heterocycles. The highest BCUT2D eigenvalue weighted by atomic mass is 16.5. The Morgan fingerprint density at radius 3 is 2.80 bits per heavy atom. The van der Waals surface area contributed by atoms with E-state index in [9.17, 15) is 0 Å². The van der Waals surface area contributed by atoms with Crippen molar-refractivity contribution in [2.24, 2.45) is 0 Å². The van der Waals surface area contributed by atoms with Crippen molar-refractivity contribution in [3.8, 4) is 0 Å². The molecule has 1 aliphatic rings. The Bertz CT molecular complexity index is 305. The molecule has 1 aliphatic carbocycles. The lowest BCUT2D eigenvalue weighted by Crippen LogP contribution is -2.32. The molecule has 0 spiro atoms. The molecule has 0 bridgehead atoms. The van der Waals surface area contributed by atoms with Gasteiger partial charge in [-0.15, -0.1) is 0 Å². The van der Waals surface area contributed by atoms with Crippen LogP contribution in [0.25, 0.3) is 0 Å². The van der Waals surface area contributed by atoms with Gasteiger partial charge in [0.15, 0.2) is 11.6 Å². The average molecular weight is 209 g/mol. The van der Waals surface area contributed by atoms with Crippen molar-refractivity contribution in [3.63, 3.8) is 0 Å². The number of nitrogens with zero attached hydrogens (tertiary/aromatic N) is 2. The summed E-state index contributed by atoms with van der Waals surface area (Å²) in [7, 11) is 2.15. The molecule has 1 heterocycles. The summed E-state index contributed by atoms with van der Waals surface area (Å²) in [4.78, 5) is 2.35. The summed E-state index contributed by atoms with van der Waals surface area (Å²) in [5.74, 6) is 1.34. The van der Waals surface area contributed by atoms with Gasteiger partial charge >= 0.3 is 0 Å². The maximum Gasteiger partial charge on any atom is 0.167 e. The fourth-order valence-corrected chi connectivity index (χ4v) is 2.30. The van der Waals surface area contributed by atoms with E-state index in [0.717, 1.165) is 12.3 Å². The lowest BCUT2D eigenvalue weighted by molar-refractivity contribution is 0.168. The molecule has 0 radical (unpaired) electrons. The van der Waals surface area contributed by atoms with E-state index in [1.54, 1.807) is 6.07 Å². The van der Waals surface area contributed by atoms with Gasteiger partial charge in [-0.2, -0.15) is 0 Å².